The zero-order valence-corrected chi connectivity index (χ0v) is 11.8. The molecule has 0 radical (unpaired) electrons. The fraction of sp³-hybridized carbons (Fsp3) is 0.571. The second kappa shape index (κ2) is 6.02. The molecule has 104 valence electrons. The number of pyridine rings is 1. The Bertz CT molecular complexity index is 462. The summed E-state index contributed by atoms with van der Waals surface area (Å²) in [7, 11) is 1.82. The van der Waals surface area contributed by atoms with Crippen LogP contribution in [0.2, 0.25) is 0 Å². The normalized spacial score (nSPS) is 19.3. The summed E-state index contributed by atoms with van der Waals surface area (Å²) in [6, 6.07) is 1.89. The molecule has 2 rings (SSSR count). The van der Waals surface area contributed by atoms with Crippen LogP contribution >= 0.6 is 0 Å². The predicted molar refractivity (Wildman–Crippen MR) is 74.5 cm³/mol. The fourth-order valence-electron chi connectivity index (χ4n) is 2.26. The third kappa shape index (κ3) is 3.04. The SMILES string of the molecule is CCC1CN(C(=O)c2cnc(C)cc2NC)CCO1. The number of carbonyl (C=O) groups is 1. The molecule has 1 unspecified atom stereocenters. The lowest BCUT2D eigenvalue weighted by Crippen LogP contribution is -2.45. The molecule has 1 N–H and O–H groups in total. The lowest BCUT2D eigenvalue weighted by atomic mass is 10.1. The molecular weight excluding hydrogens is 242 g/mol. The van der Waals surface area contributed by atoms with Gasteiger partial charge in [-0.1, -0.05) is 6.92 Å². The summed E-state index contributed by atoms with van der Waals surface area (Å²) in [5, 5.41) is 3.06. The lowest BCUT2D eigenvalue weighted by Gasteiger charge is -2.32. The number of nitrogens with one attached hydrogen (secondary N) is 1. The molecule has 2 heterocycles. The van der Waals surface area contributed by atoms with Gasteiger partial charge in [0.25, 0.3) is 5.91 Å². The highest BCUT2D eigenvalue weighted by Crippen LogP contribution is 2.19. The molecule has 1 aromatic heterocycles. The van der Waals surface area contributed by atoms with Gasteiger partial charge in [0, 0.05) is 32.0 Å². The summed E-state index contributed by atoms with van der Waals surface area (Å²) >= 11 is 0. The molecule has 0 saturated carbocycles. The van der Waals surface area contributed by atoms with Crippen molar-refractivity contribution in [2.75, 3.05) is 32.1 Å². The van der Waals surface area contributed by atoms with E-state index in [0.717, 1.165) is 17.8 Å². The monoisotopic (exact) mass is 263 g/mol. The number of ether oxygens (including phenoxy) is 1. The molecule has 5 heteroatoms. The number of aromatic nitrogens is 1. The van der Waals surface area contributed by atoms with Crippen LogP contribution in [0.15, 0.2) is 12.3 Å². The number of aryl methyl sites for hydroxylation is 1. The maximum atomic E-state index is 12.5. The van der Waals surface area contributed by atoms with Crippen LogP contribution in [-0.2, 0) is 4.74 Å². The average Bonchev–Trinajstić information content (AvgIpc) is 2.46. The zero-order valence-electron chi connectivity index (χ0n) is 11.8. The van der Waals surface area contributed by atoms with Gasteiger partial charge in [-0.25, -0.2) is 0 Å². The smallest absolute Gasteiger partial charge is 0.257 e. The van der Waals surface area contributed by atoms with Gasteiger partial charge in [0.1, 0.15) is 0 Å². The van der Waals surface area contributed by atoms with Crippen LogP contribution in [0.4, 0.5) is 5.69 Å². The second-order valence-corrected chi connectivity index (χ2v) is 4.77. The largest absolute Gasteiger partial charge is 0.387 e. The van der Waals surface area contributed by atoms with Gasteiger partial charge in [-0.05, 0) is 19.4 Å². The van der Waals surface area contributed by atoms with Crippen LogP contribution in [0.3, 0.4) is 0 Å². The highest BCUT2D eigenvalue weighted by Gasteiger charge is 2.25. The fourth-order valence-corrected chi connectivity index (χ4v) is 2.26. The standard InChI is InChI=1S/C14H21N3O2/c1-4-11-9-17(5-6-19-11)14(18)12-8-16-10(2)7-13(12)15-3/h7-8,11H,4-6,9H2,1-3H3,(H,15,16). The summed E-state index contributed by atoms with van der Waals surface area (Å²) in [4.78, 5) is 18.6. The van der Waals surface area contributed by atoms with Crippen molar-refractivity contribution < 1.29 is 9.53 Å². The van der Waals surface area contributed by atoms with Crippen LogP contribution < -0.4 is 5.32 Å². The van der Waals surface area contributed by atoms with E-state index in [1.54, 1.807) is 6.20 Å². The molecule has 1 fully saturated rings. The molecule has 1 saturated heterocycles. The quantitative estimate of drug-likeness (QED) is 0.901. The number of morpholine rings is 1. The van der Waals surface area contributed by atoms with E-state index in [1.807, 2.05) is 24.9 Å². The number of amides is 1. The number of nitrogens with zero attached hydrogens (tertiary/aromatic N) is 2. The minimum Gasteiger partial charge on any atom is -0.387 e. The summed E-state index contributed by atoms with van der Waals surface area (Å²) < 4.78 is 5.59. The van der Waals surface area contributed by atoms with E-state index in [9.17, 15) is 4.79 Å². The Morgan fingerprint density at radius 1 is 1.63 bits per heavy atom. The predicted octanol–water partition coefficient (Wildman–Crippen LogP) is 1.68. The van der Waals surface area contributed by atoms with E-state index in [1.165, 1.54) is 0 Å². The van der Waals surface area contributed by atoms with E-state index in [0.29, 0.717) is 25.3 Å². The maximum Gasteiger partial charge on any atom is 0.257 e. The Morgan fingerprint density at radius 2 is 2.42 bits per heavy atom. The minimum absolute atomic E-state index is 0.0265. The first-order valence-electron chi connectivity index (χ1n) is 6.71. The van der Waals surface area contributed by atoms with E-state index in [-0.39, 0.29) is 12.0 Å². The van der Waals surface area contributed by atoms with Crippen molar-refractivity contribution in [2.45, 2.75) is 26.4 Å². The van der Waals surface area contributed by atoms with Crippen molar-refractivity contribution >= 4 is 11.6 Å². The first-order chi connectivity index (χ1) is 9.15. The van der Waals surface area contributed by atoms with Crippen molar-refractivity contribution in [1.29, 1.82) is 0 Å². The molecule has 0 aliphatic carbocycles. The van der Waals surface area contributed by atoms with Crippen molar-refractivity contribution in [3.05, 3.63) is 23.5 Å². The highest BCUT2D eigenvalue weighted by atomic mass is 16.5. The third-order valence-corrected chi connectivity index (χ3v) is 3.42. The number of hydrogen-bond donors (Lipinski definition) is 1. The van der Waals surface area contributed by atoms with Crippen molar-refractivity contribution in [2.24, 2.45) is 0 Å². The van der Waals surface area contributed by atoms with Crippen LogP contribution in [0.5, 0.6) is 0 Å². The van der Waals surface area contributed by atoms with Crippen LogP contribution in [0.25, 0.3) is 0 Å². The molecular formula is C14H21N3O2. The van der Waals surface area contributed by atoms with Crippen molar-refractivity contribution in [3.8, 4) is 0 Å². The van der Waals surface area contributed by atoms with Gasteiger partial charge in [0.2, 0.25) is 0 Å². The Balaban J connectivity index is 2.19. The minimum atomic E-state index is 0.0265. The van der Waals surface area contributed by atoms with E-state index in [4.69, 9.17) is 4.74 Å². The molecule has 0 spiro atoms. The number of anilines is 1. The van der Waals surface area contributed by atoms with E-state index < -0.39 is 0 Å². The van der Waals surface area contributed by atoms with E-state index >= 15 is 0 Å². The summed E-state index contributed by atoms with van der Waals surface area (Å²) in [6.45, 7) is 5.90. The number of carbonyl (C=O) groups excluding carboxylic acids is 1. The molecule has 1 aromatic rings. The summed E-state index contributed by atoms with van der Waals surface area (Å²) in [6.07, 6.45) is 2.73. The zero-order chi connectivity index (χ0) is 13.8. The number of hydrogen-bond acceptors (Lipinski definition) is 4. The average molecular weight is 263 g/mol. The van der Waals surface area contributed by atoms with Crippen molar-refractivity contribution in [3.63, 3.8) is 0 Å². The summed E-state index contributed by atoms with van der Waals surface area (Å²) in [5.41, 5.74) is 2.36. The topological polar surface area (TPSA) is 54.5 Å². The Hall–Kier alpha value is -1.62. The Kier molecular flexibility index (Phi) is 4.37. The van der Waals surface area contributed by atoms with Gasteiger partial charge in [-0.2, -0.15) is 0 Å². The second-order valence-electron chi connectivity index (χ2n) is 4.77. The molecule has 0 bridgehead atoms. The lowest BCUT2D eigenvalue weighted by molar-refractivity contribution is -0.0226. The van der Waals surface area contributed by atoms with Crippen molar-refractivity contribution in [1.82, 2.24) is 9.88 Å². The molecule has 0 aromatic carbocycles. The number of rotatable bonds is 3. The highest BCUT2D eigenvalue weighted by molar-refractivity contribution is 5.99. The van der Waals surface area contributed by atoms with Gasteiger partial charge < -0.3 is 15.0 Å². The molecule has 5 nitrogen and oxygen atoms in total. The molecule has 1 aliphatic heterocycles. The van der Waals surface area contributed by atoms with Gasteiger partial charge >= 0.3 is 0 Å². The Labute approximate surface area is 114 Å². The first kappa shape index (κ1) is 13.8. The van der Waals surface area contributed by atoms with Crippen LogP contribution in [0, 0.1) is 6.92 Å². The molecule has 1 atom stereocenters. The Morgan fingerprint density at radius 3 is 3.11 bits per heavy atom. The van der Waals surface area contributed by atoms with E-state index in [2.05, 4.69) is 17.2 Å². The van der Waals surface area contributed by atoms with Crippen LogP contribution in [0.1, 0.15) is 29.4 Å². The molecule has 1 amide bonds. The molecule has 19 heavy (non-hydrogen) atoms. The van der Waals surface area contributed by atoms with Gasteiger partial charge in [-0.3, -0.25) is 9.78 Å². The maximum absolute atomic E-state index is 12.5. The van der Waals surface area contributed by atoms with Gasteiger partial charge in [0.05, 0.1) is 24.0 Å². The molecule has 1 aliphatic rings. The van der Waals surface area contributed by atoms with Gasteiger partial charge in [-0.15, -0.1) is 0 Å². The summed E-state index contributed by atoms with van der Waals surface area (Å²) in [5.74, 6) is 0.0265. The van der Waals surface area contributed by atoms with Crippen LogP contribution in [-0.4, -0.2) is 48.6 Å². The first-order valence-corrected chi connectivity index (χ1v) is 6.71. The third-order valence-electron chi connectivity index (χ3n) is 3.42. The van der Waals surface area contributed by atoms with Gasteiger partial charge in [0.15, 0.2) is 0 Å².